The molecule has 2 aromatic rings. The zero-order valence-electron chi connectivity index (χ0n) is 14.4. The van der Waals surface area contributed by atoms with Crippen molar-refractivity contribution in [3.63, 3.8) is 0 Å². The average Bonchev–Trinajstić information content (AvgIpc) is 2.92. The molecule has 0 spiro atoms. The van der Waals surface area contributed by atoms with Crippen molar-refractivity contribution in [2.24, 2.45) is 0 Å². The van der Waals surface area contributed by atoms with Crippen molar-refractivity contribution in [2.45, 2.75) is 33.2 Å². The lowest BCUT2D eigenvalue weighted by atomic mass is 10.1. The van der Waals surface area contributed by atoms with Crippen LogP contribution in [0.3, 0.4) is 0 Å². The molecule has 4 nitrogen and oxygen atoms in total. The number of ether oxygens (including phenoxy) is 2. The highest BCUT2D eigenvalue weighted by Crippen LogP contribution is 2.35. The van der Waals surface area contributed by atoms with Gasteiger partial charge < -0.3 is 14.4 Å². The molecule has 126 valence electrons. The third kappa shape index (κ3) is 2.96. The number of hydrogen-bond donors (Lipinski definition) is 0. The van der Waals surface area contributed by atoms with Gasteiger partial charge in [0, 0.05) is 17.3 Å². The highest BCUT2D eigenvalue weighted by molar-refractivity contribution is 6.08. The summed E-state index contributed by atoms with van der Waals surface area (Å²) in [5.74, 6) is 1.28. The minimum absolute atomic E-state index is 0.00329. The Morgan fingerprint density at radius 2 is 1.79 bits per heavy atom. The normalized spacial score (nSPS) is 16.0. The largest absolute Gasteiger partial charge is 0.490 e. The molecule has 1 amide bonds. The Balaban J connectivity index is 1.94. The van der Waals surface area contributed by atoms with E-state index in [-0.39, 0.29) is 11.9 Å². The Kier molecular flexibility index (Phi) is 4.74. The highest BCUT2D eigenvalue weighted by Gasteiger charge is 2.31. The average molecular weight is 325 g/mol. The van der Waals surface area contributed by atoms with E-state index in [0.717, 1.165) is 12.1 Å². The van der Waals surface area contributed by atoms with Crippen molar-refractivity contribution in [3.05, 3.63) is 53.6 Å². The summed E-state index contributed by atoms with van der Waals surface area (Å²) in [6.45, 7) is 7.02. The van der Waals surface area contributed by atoms with Gasteiger partial charge >= 0.3 is 0 Å². The molecule has 0 saturated heterocycles. The number of nitrogens with zero attached hydrogens (tertiary/aromatic N) is 1. The highest BCUT2D eigenvalue weighted by atomic mass is 16.5. The van der Waals surface area contributed by atoms with E-state index in [1.165, 1.54) is 5.56 Å². The molecule has 24 heavy (non-hydrogen) atoms. The van der Waals surface area contributed by atoms with Crippen molar-refractivity contribution in [3.8, 4) is 11.5 Å². The zero-order valence-corrected chi connectivity index (χ0v) is 14.4. The lowest BCUT2D eigenvalue weighted by molar-refractivity contribution is 0.0981. The maximum atomic E-state index is 13.1. The molecule has 0 aromatic heterocycles. The molecule has 1 unspecified atom stereocenters. The van der Waals surface area contributed by atoms with Gasteiger partial charge in [0.05, 0.1) is 13.2 Å². The molecule has 1 heterocycles. The van der Waals surface area contributed by atoms with Crippen LogP contribution in [-0.2, 0) is 6.42 Å². The Morgan fingerprint density at radius 1 is 1.08 bits per heavy atom. The first-order chi connectivity index (χ1) is 11.7. The number of anilines is 1. The van der Waals surface area contributed by atoms with Crippen molar-refractivity contribution in [1.29, 1.82) is 0 Å². The summed E-state index contributed by atoms with van der Waals surface area (Å²) in [7, 11) is 0. The Bertz CT molecular complexity index is 741. The van der Waals surface area contributed by atoms with Crippen LogP contribution in [0.25, 0.3) is 0 Å². The molecule has 0 bridgehead atoms. The number of fused-ring (bicyclic) bond motifs is 1. The number of carbonyl (C=O) groups is 1. The molecule has 4 heteroatoms. The number of hydrogen-bond acceptors (Lipinski definition) is 3. The second-order valence-corrected chi connectivity index (χ2v) is 5.88. The van der Waals surface area contributed by atoms with E-state index < -0.39 is 0 Å². The summed E-state index contributed by atoms with van der Waals surface area (Å²) in [5.41, 5.74) is 2.83. The van der Waals surface area contributed by atoms with E-state index in [1.54, 1.807) is 6.07 Å². The molecule has 3 rings (SSSR count). The Labute approximate surface area is 143 Å². The fourth-order valence-corrected chi connectivity index (χ4v) is 3.20. The maximum absolute atomic E-state index is 13.1. The van der Waals surface area contributed by atoms with E-state index in [0.29, 0.717) is 30.3 Å². The summed E-state index contributed by atoms with van der Waals surface area (Å²) >= 11 is 0. The summed E-state index contributed by atoms with van der Waals surface area (Å²) in [6, 6.07) is 13.6. The van der Waals surface area contributed by atoms with Gasteiger partial charge in [-0.3, -0.25) is 4.79 Å². The predicted octanol–water partition coefficient (Wildman–Crippen LogP) is 4.08. The first-order valence-electron chi connectivity index (χ1n) is 8.46. The number of rotatable bonds is 5. The van der Waals surface area contributed by atoms with Gasteiger partial charge in [0.15, 0.2) is 11.5 Å². The van der Waals surface area contributed by atoms with Crippen molar-refractivity contribution in [2.75, 3.05) is 18.1 Å². The molecule has 1 aliphatic heterocycles. The smallest absolute Gasteiger partial charge is 0.258 e. The van der Waals surface area contributed by atoms with Crippen LogP contribution in [-0.4, -0.2) is 25.2 Å². The van der Waals surface area contributed by atoms with E-state index in [4.69, 9.17) is 9.47 Å². The number of amides is 1. The van der Waals surface area contributed by atoms with Gasteiger partial charge in [-0.1, -0.05) is 18.2 Å². The summed E-state index contributed by atoms with van der Waals surface area (Å²) < 4.78 is 11.2. The molecule has 1 aliphatic rings. The summed E-state index contributed by atoms with van der Waals surface area (Å²) in [6.07, 6.45) is 0.886. The maximum Gasteiger partial charge on any atom is 0.258 e. The van der Waals surface area contributed by atoms with Gasteiger partial charge in [-0.05, 0) is 57.0 Å². The summed E-state index contributed by atoms with van der Waals surface area (Å²) in [4.78, 5) is 15.0. The third-order valence-electron chi connectivity index (χ3n) is 4.22. The van der Waals surface area contributed by atoms with Gasteiger partial charge in [0.2, 0.25) is 0 Å². The fourth-order valence-electron chi connectivity index (χ4n) is 3.20. The molecule has 2 aromatic carbocycles. The topological polar surface area (TPSA) is 38.8 Å². The molecule has 0 aliphatic carbocycles. The van der Waals surface area contributed by atoms with Crippen LogP contribution in [0.15, 0.2) is 42.5 Å². The van der Waals surface area contributed by atoms with E-state index in [1.807, 2.05) is 49.1 Å². The molecule has 1 atom stereocenters. The molecular formula is C20H23NO3. The zero-order chi connectivity index (χ0) is 17.1. The number of benzene rings is 2. The predicted molar refractivity (Wildman–Crippen MR) is 95.2 cm³/mol. The molecule has 0 radical (unpaired) electrons. The molecule has 0 N–H and O–H groups in total. The third-order valence-corrected chi connectivity index (χ3v) is 4.22. The van der Waals surface area contributed by atoms with E-state index >= 15 is 0 Å². The fraction of sp³-hybridized carbons (Fsp3) is 0.350. The van der Waals surface area contributed by atoms with Crippen LogP contribution in [0.4, 0.5) is 5.69 Å². The first kappa shape index (κ1) is 16.4. The first-order valence-corrected chi connectivity index (χ1v) is 8.46. The minimum Gasteiger partial charge on any atom is -0.490 e. The molecule has 0 saturated carbocycles. The van der Waals surface area contributed by atoms with Gasteiger partial charge in [-0.15, -0.1) is 0 Å². The van der Waals surface area contributed by atoms with Gasteiger partial charge in [0.1, 0.15) is 0 Å². The van der Waals surface area contributed by atoms with E-state index in [2.05, 4.69) is 13.0 Å². The minimum atomic E-state index is -0.00329. The number of carbonyl (C=O) groups excluding carboxylic acids is 1. The van der Waals surface area contributed by atoms with E-state index in [9.17, 15) is 4.79 Å². The van der Waals surface area contributed by atoms with Crippen LogP contribution >= 0.6 is 0 Å². The second-order valence-electron chi connectivity index (χ2n) is 5.88. The molecule has 0 fully saturated rings. The van der Waals surface area contributed by atoms with Crippen LogP contribution in [0.5, 0.6) is 11.5 Å². The van der Waals surface area contributed by atoms with Gasteiger partial charge in [-0.25, -0.2) is 0 Å². The molecular weight excluding hydrogens is 302 g/mol. The van der Waals surface area contributed by atoms with Crippen molar-refractivity contribution in [1.82, 2.24) is 0 Å². The SMILES string of the molecule is CCOc1ccc(C(=O)N2c3ccccc3CC2C)cc1OCC. The monoisotopic (exact) mass is 325 g/mol. The van der Waals surface area contributed by atoms with Gasteiger partial charge in [0.25, 0.3) is 5.91 Å². The lowest BCUT2D eigenvalue weighted by Gasteiger charge is -2.23. The van der Waals surface area contributed by atoms with Crippen molar-refractivity contribution < 1.29 is 14.3 Å². The van der Waals surface area contributed by atoms with Crippen LogP contribution in [0.1, 0.15) is 36.7 Å². The number of para-hydroxylation sites is 1. The van der Waals surface area contributed by atoms with Crippen molar-refractivity contribution >= 4 is 11.6 Å². The van der Waals surface area contributed by atoms with Crippen LogP contribution in [0, 0.1) is 0 Å². The van der Waals surface area contributed by atoms with Crippen LogP contribution < -0.4 is 14.4 Å². The van der Waals surface area contributed by atoms with Crippen LogP contribution in [0.2, 0.25) is 0 Å². The lowest BCUT2D eigenvalue weighted by Crippen LogP contribution is -2.35. The quantitative estimate of drug-likeness (QED) is 0.831. The Morgan fingerprint density at radius 3 is 2.54 bits per heavy atom. The second kappa shape index (κ2) is 6.95. The summed E-state index contributed by atoms with van der Waals surface area (Å²) in [5, 5.41) is 0. The standard InChI is InChI=1S/C20H23NO3/c1-4-23-18-11-10-16(13-19(18)24-5-2)20(22)21-14(3)12-15-8-6-7-9-17(15)21/h6-11,13-14H,4-5,12H2,1-3H3. The van der Waals surface area contributed by atoms with Gasteiger partial charge in [-0.2, -0.15) is 0 Å². The Hall–Kier alpha value is -2.49.